The second kappa shape index (κ2) is 9.85. The zero-order valence-corrected chi connectivity index (χ0v) is 18.7. The first-order chi connectivity index (χ1) is 15.4. The van der Waals surface area contributed by atoms with Crippen LogP contribution in [0.25, 0.3) is 11.1 Å². The summed E-state index contributed by atoms with van der Waals surface area (Å²) >= 11 is 0. The molecule has 0 aliphatic heterocycles. The topological polar surface area (TPSA) is 105 Å². The SMILES string of the molecule is CCC(NC(=O)C(CC)(CC)NC(=O)OCC1c2ccccc2-c2ccccc21)C(=O)O. The molecule has 1 aliphatic rings. The number of benzene rings is 2. The fourth-order valence-corrected chi connectivity index (χ4v) is 4.27. The van der Waals surface area contributed by atoms with Crippen LogP contribution >= 0.6 is 0 Å². The molecule has 1 unspecified atom stereocenters. The first kappa shape index (κ1) is 23.3. The summed E-state index contributed by atoms with van der Waals surface area (Å²) < 4.78 is 5.58. The van der Waals surface area contributed by atoms with Crippen molar-refractivity contribution in [1.29, 1.82) is 0 Å². The standard InChI is InChI=1S/C25H30N2O5/c1-4-21(22(28)29)26-23(30)25(5-2,6-3)27-24(31)32-15-20-18-13-9-7-11-16(18)17-12-8-10-14-19(17)20/h7-14,20-21H,4-6,15H2,1-3H3,(H,26,30)(H,27,31)(H,28,29). The van der Waals surface area contributed by atoms with E-state index in [0.717, 1.165) is 22.3 Å². The molecule has 0 aromatic heterocycles. The van der Waals surface area contributed by atoms with E-state index in [1.165, 1.54) is 0 Å². The molecule has 0 bridgehead atoms. The Bertz CT molecular complexity index is 954. The molecule has 7 nitrogen and oxygen atoms in total. The van der Waals surface area contributed by atoms with Crippen molar-refractivity contribution in [3.05, 3.63) is 59.7 Å². The quantitative estimate of drug-likeness (QED) is 0.548. The molecule has 32 heavy (non-hydrogen) atoms. The van der Waals surface area contributed by atoms with Crippen LogP contribution in [0.1, 0.15) is 57.1 Å². The third-order valence-electron chi connectivity index (χ3n) is 6.34. The number of hydrogen-bond donors (Lipinski definition) is 3. The molecule has 0 fully saturated rings. The minimum atomic E-state index is -1.24. The van der Waals surface area contributed by atoms with Gasteiger partial charge in [-0.15, -0.1) is 0 Å². The predicted octanol–water partition coefficient (Wildman–Crippen LogP) is 4.06. The zero-order valence-electron chi connectivity index (χ0n) is 18.7. The van der Waals surface area contributed by atoms with Crippen molar-refractivity contribution in [3.8, 4) is 11.1 Å². The van der Waals surface area contributed by atoms with Gasteiger partial charge in [0.15, 0.2) is 0 Å². The lowest BCUT2D eigenvalue weighted by Gasteiger charge is -2.32. The van der Waals surface area contributed by atoms with Gasteiger partial charge < -0.3 is 20.5 Å². The summed E-state index contributed by atoms with van der Waals surface area (Å²) in [7, 11) is 0. The average molecular weight is 439 g/mol. The van der Waals surface area contributed by atoms with Gasteiger partial charge in [0.2, 0.25) is 5.91 Å². The maximum absolute atomic E-state index is 12.9. The molecule has 1 aliphatic carbocycles. The van der Waals surface area contributed by atoms with E-state index in [-0.39, 0.29) is 18.9 Å². The van der Waals surface area contributed by atoms with Gasteiger partial charge in [0.25, 0.3) is 0 Å². The van der Waals surface area contributed by atoms with Crippen LogP contribution in [0.3, 0.4) is 0 Å². The largest absolute Gasteiger partial charge is 0.480 e. The minimum Gasteiger partial charge on any atom is -0.480 e. The number of carbonyl (C=O) groups excluding carboxylic acids is 2. The van der Waals surface area contributed by atoms with E-state index in [0.29, 0.717) is 12.8 Å². The molecule has 3 rings (SSSR count). The number of rotatable bonds is 9. The molecule has 0 saturated heterocycles. The van der Waals surface area contributed by atoms with Crippen molar-refractivity contribution < 1.29 is 24.2 Å². The van der Waals surface area contributed by atoms with Gasteiger partial charge in [-0.2, -0.15) is 0 Å². The molecule has 0 heterocycles. The predicted molar refractivity (Wildman–Crippen MR) is 121 cm³/mol. The van der Waals surface area contributed by atoms with E-state index < -0.39 is 29.6 Å². The van der Waals surface area contributed by atoms with E-state index in [9.17, 15) is 19.5 Å². The number of carboxylic acid groups (broad SMARTS) is 1. The first-order valence-electron chi connectivity index (χ1n) is 11.0. The second-order valence-electron chi connectivity index (χ2n) is 8.01. The summed E-state index contributed by atoms with van der Waals surface area (Å²) in [5.74, 6) is -1.72. The summed E-state index contributed by atoms with van der Waals surface area (Å²) in [6.07, 6.45) is 0.148. The van der Waals surface area contributed by atoms with Crippen molar-refractivity contribution in [2.45, 2.75) is 57.5 Å². The smallest absolute Gasteiger partial charge is 0.408 e. The van der Waals surface area contributed by atoms with Crippen molar-refractivity contribution in [3.63, 3.8) is 0 Å². The van der Waals surface area contributed by atoms with E-state index in [4.69, 9.17) is 4.74 Å². The molecule has 0 saturated carbocycles. The molecule has 2 aromatic carbocycles. The van der Waals surface area contributed by atoms with Crippen LogP contribution in [0.4, 0.5) is 4.79 Å². The molecule has 3 N–H and O–H groups in total. The maximum atomic E-state index is 12.9. The van der Waals surface area contributed by atoms with Crippen LogP contribution in [0.2, 0.25) is 0 Å². The maximum Gasteiger partial charge on any atom is 0.408 e. The van der Waals surface area contributed by atoms with Gasteiger partial charge in [0.05, 0.1) is 0 Å². The van der Waals surface area contributed by atoms with Gasteiger partial charge in [-0.1, -0.05) is 69.3 Å². The lowest BCUT2D eigenvalue weighted by atomic mass is 9.91. The highest BCUT2D eigenvalue weighted by Gasteiger charge is 2.39. The van der Waals surface area contributed by atoms with Gasteiger partial charge in [-0.3, -0.25) is 4.79 Å². The number of hydrogen-bond acceptors (Lipinski definition) is 4. The molecular weight excluding hydrogens is 408 g/mol. The van der Waals surface area contributed by atoms with Gasteiger partial charge in [0.1, 0.15) is 18.2 Å². The number of alkyl carbamates (subject to hydrolysis) is 1. The van der Waals surface area contributed by atoms with E-state index in [1.807, 2.05) is 36.4 Å². The van der Waals surface area contributed by atoms with Gasteiger partial charge >= 0.3 is 12.1 Å². The Hall–Kier alpha value is -3.35. The summed E-state index contributed by atoms with van der Waals surface area (Å²) in [5, 5.41) is 14.5. The van der Waals surface area contributed by atoms with E-state index >= 15 is 0 Å². The Morgan fingerprint density at radius 3 is 1.97 bits per heavy atom. The summed E-state index contributed by atoms with van der Waals surface area (Å²) in [5.41, 5.74) is 3.22. The van der Waals surface area contributed by atoms with Crippen LogP contribution in [-0.4, -0.2) is 41.3 Å². The second-order valence-corrected chi connectivity index (χ2v) is 8.01. The molecule has 0 spiro atoms. The molecule has 2 amide bonds. The van der Waals surface area contributed by atoms with Crippen molar-refractivity contribution >= 4 is 18.0 Å². The lowest BCUT2D eigenvalue weighted by Crippen LogP contribution is -2.60. The van der Waals surface area contributed by atoms with Gasteiger partial charge in [0, 0.05) is 5.92 Å². The number of amides is 2. The van der Waals surface area contributed by atoms with Crippen LogP contribution in [0, 0.1) is 0 Å². The Morgan fingerprint density at radius 1 is 0.969 bits per heavy atom. The fourth-order valence-electron chi connectivity index (χ4n) is 4.27. The normalized spacial score (nSPS) is 13.6. The fraction of sp³-hybridized carbons (Fsp3) is 0.400. The van der Waals surface area contributed by atoms with Crippen molar-refractivity contribution in [2.75, 3.05) is 6.61 Å². The average Bonchev–Trinajstić information content (AvgIpc) is 3.13. The number of carbonyl (C=O) groups is 3. The number of nitrogens with one attached hydrogen (secondary N) is 2. The van der Waals surface area contributed by atoms with E-state index in [1.54, 1.807) is 20.8 Å². The third-order valence-corrected chi connectivity index (χ3v) is 6.34. The molecule has 170 valence electrons. The molecular formula is C25H30N2O5. The summed E-state index contributed by atoms with van der Waals surface area (Å²) in [6, 6.07) is 15.1. The Labute approximate surface area is 188 Å². The van der Waals surface area contributed by atoms with E-state index in [2.05, 4.69) is 22.8 Å². The van der Waals surface area contributed by atoms with Crippen LogP contribution < -0.4 is 10.6 Å². The van der Waals surface area contributed by atoms with Crippen LogP contribution in [-0.2, 0) is 14.3 Å². The molecule has 7 heteroatoms. The number of fused-ring (bicyclic) bond motifs is 3. The summed E-state index contributed by atoms with van der Waals surface area (Å²) in [4.78, 5) is 36.9. The van der Waals surface area contributed by atoms with Crippen molar-refractivity contribution in [2.24, 2.45) is 0 Å². The number of carboxylic acids is 1. The highest BCUT2D eigenvalue weighted by atomic mass is 16.5. The number of aliphatic carboxylic acids is 1. The Balaban J connectivity index is 1.71. The highest BCUT2D eigenvalue weighted by molar-refractivity contribution is 5.92. The van der Waals surface area contributed by atoms with Crippen LogP contribution in [0.15, 0.2) is 48.5 Å². The van der Waals surface area contributed by atoms with Crippen LogP contribution in [0.5, 0.6) is 0 Å². The minimum absolute atomic E-state index is 0.0869. The first-order valence-corrected chi connectivity index (χ1v) is 11.0. The van der Waals surface area contributed by atoms with Gasteiger partial charge in [-0.25, -0.2) is 9.59 Å². The monoisotopic (exact) mass is 438 g/mol. The lowest BCUT2D eigenvalue weighted by molar-refractivity contribution is -0.143. The molecule has 0 radical (unpaired) electrons. The zero-order chi connectivity index (χ0) is 23.3. The summed E-state index contributed by atoms with van der Waals surface area (Å²) in [6.45, 7) is 5.36. The van der Waals surface area contributed by atoms with Crippen molar-refractivity contribution in [1.82, 2.24) is 10.6 Å². The number of ether oxygens (including phenoxy) is 1. The van der Waals surface area contributed by atoms with Gasteiger partial charge in [-0.05, 0) is 41.5 Å². The Kier molecular flexibility index (Phi) is 7.18. The Morgan fingerprint density at radius 2 is 1.50 bits per heavy atom. The molecule has 2 aromatic rings. The molecule has 1 atom stereocenters. The third kappa shape index (κ3) is 4.47. The highest BCUT2D eigenvalue weighted by Crippen LogP contribution is 2.44.